The molecule has 0 saturated carbocycles. The van der Waals surface area contributed by atoms with E-state index in [4.69, 9.17) is 0 Å². The van der Waals surface area contributed by atoms with Crippen molar-refractivity contribution in [1.82, 2.24) is 0 Å². The van der Waals surface area contributed by atoms with Gasteiger partial charge in [-0.3, -0.25) is 0 Å². The molecule has 0 aliphatic heterocycles. The van der Waals surface area contributed by atoms with Crippen LogP contribution in [0.3, 0.4) is 0 Å². The summed E-state index contributed by atoms with van der Waals surface area (Å²) in [5, 5.41) is 0. The van der Waals surface area contributed by atoms with E-state index >= 15 is 0 Å². The number of benzene rings is 2. The van der Waals surface area contributed by atoms with Crippen LogP contribution in [0, 0.1) is 19.8 Å². The first-order valence-electron chi connectivity index (χ1n) is 10.6. The van der Waals surface area contributed by atoms with Gasteiger partial charge in [0, 0.05) is 5.92 Å². The molecule has 0 N–H and O–H groups in total. The Balaban J connectivity index is 1.60. The van der Waals surface area contributed by atoms with Crippen LogP contribution >= 0.6 is 0 Å². The molecule has 0 aromatic heterocycles. The second-order valence-electron chi connectivity index (χ2n) is 8.41. The van der Waals surface area contributed by atoms with E-state index in [2.05, 4.69) is 63.3 Å². The highest BCUT2D eigenvalue weighted by Crippen LogP contribution is 2.54. The highest BCUT2D eigenvalue weighted by Gasteiger charge is 2.37. The maximum Gasteiger partial charge on any atom is 0.0171 e. The van der Waals surface area contributed by atoms with Gasteiger partial charge in [0.25, 0.3) is 0 Å². The van der Waals surface area contributed by atoms with Crippen molar-refractivity contribution < 1.29 is 0 Å². The minimum atomic E-state index is 0.579. The van der Waals surface area contributed by atoms with Gasteiger partial charge in [0.2, 0.25) is 0 Å². The van der Waals surface area contributed by atoms with Gasteiger partial charge in [-0.25, -0.2) is 0 Å². The first kappa shape index (κ1) is 17.6. The average molecular weight is 345 g/mol. The van der Waals surface area contributed by atoms with E-state index in [1.807, 2.05) is 0 Å². The van der Waals surface area contributed by atoms with Crippen LogP contribution < -0.4 is 0 Å². The lowest BCUT2D eigenvalue weighted by Crippen LogP contribution is -2.15. The molecule has 2 aromatic rings. The second kappa shape index (κ2) is 7.43. The van der Waals surface area contributed by atoms with Crippen molar-refractivity contribution in [3.8, 4) is 11.1 Å². The van der Waals surface area contributed by atoms with Crippen LogP contribution in [0.25, 0.3) is 17.2 Å². The first-order valence-corrected chi connectivity index (χ1v) is 10.6. The fourth-order valence-electron chi connectivity index (χ4n) is 5.08. The molecule has 2 aliphatic rings. The summed E-state index contributed by atoms with van der Waals surface area (Å²) in [6, 6.07) is 11.8. The van der Waals surface area contributed by atoms with Crippen molar-refractivity contribution in [2.75, 3.05) is 0 Å². The van der Waals surface area contributed by atoms with E-state index in [1.165, 1.54) is 72.8 Å². The SMILES string of the molecule is CCCCCCCCC1C=Cc2c(C)ccc3c2C1c1cc(C)ccc1-3. The Kier molecular flexibility index (Phi) is 5.02. The first-order chi connectivity index (χ1) is 12.7. The number of rotatable bonds is 7. The molecule has 4 rings (SSSR count). The quantitative estimate of drug-likeness (QED) is 0.449. The topological polar surface area (TPSA) is 0 Å². The zero-order valence-electron chi connectivity index (χ0n) is 16.6. The van der Waals surface area contributed by atoms with E-state index in [9.17, 15) is 0 Å². The lowest BCUT2D eigenvalue weighted by atomic mass is 9.75. The van der Waals surface area contributed by atoms with E-state index in [0.717, 1.165) is 0 Å². The Morgan fingerprint density at radius 2 is 1.62 bits per heavy atom. The molecular weight excluding hydrogens is 312 g/mol. The zero-order chi connectivity index (χ0) is 18.1. The minimum absolute atomic E-state index is 0.579. The summed E-state index contributed by atoms with van der Waals surface area (Å²) in [6.07, 6.45) is 14.6. The molecule has 0 saturated heterocycles. The zero-order valence-corrected chi connectivity index (χ0v) is 16.6. The van der Waals surface area contributed by atoms with Crippen LogP contribution in [-0.4, -0.2) is 0 Å². The number of fused-ring (bicyclic) bond motifs is 3. The summed E-state index contributed by atoms with van der Waals surface area (Å²) in [4.78, 5) is 0. The number of allylic oxidation sites excluding steroid dienone is 1. The summed E-state index contributed by atoms with van der Waals surface area (Å²) >= 11 is 0. The fourth-order valence-corrected chi connectivity index (χ4v) is 5.08. The molecular formula is C26H32. The molecule has 0 radical (unpaired) electrons. The van der Waals surface area contributed by atoms with Crippen LogP contribution in [0.4, 0.5) is 0 Å². The Hall–Kier alpha value is -1.82. The molecule has 0 bridgehead atoms. The van der Waals surface area contributed by atoms with Crippen molar-refractivity contribution in [2.45, 2.75) is 71.6 Å². The van der Waals surface area contributed by atoms with E-state index in [1.54, 1.807) is 11.1 Å². The van der Waals surface area contributed by atoms with Crippen LogP contribution in [0.5, 0.6) is 0 Å². The molecule has 0 heterocycles. The molecule has 26 heavy (non-hydrogen) atoms. The largest absolute Gasteiger partial charge is 0.0799 e. The van der Waals surface area contributed by atoms with E-state index in [-0.39, 0.29) is 0 Å². The summed E-state index contributed by atoms with van der Waals surface area (Å²) in [5.41, 5.74) is 10.5. The number of hydrogen-bond acceptors (Lipinski definition) is 0. The molecule has 2 aromatic carbocycles. The van der Waals surface area contributed by atoms with E-state index in [0.29, 0.717) is 11.8 Å². The summed E-state index contributed by atoms with van der Waals surface area (Å²) in [7, 11) is 0. The van der Waals surface area contributed by atoms with Gasteiger partial charge >= 0.3 is 0 Å². The highest BCUT2D eigenvalue weighted by molar-refractivity contribution is 5.85. The van der Waals surface area contributed by atoms with Crippen LogP contribution in [0.2, 0.25) is 0 Å². The Morgan fingerprint density at radius 3 is 2.46 bits per heavy atom. The van der Waals surface area contributed by atoms with Gasteiger partial charge < -0.3 is 0 Å². The Bertz CT molecular complexity index is 824. The number of hydrogen-bond donors (Lipinski definition) is 0. The molecule has 2 aliphatic carbocycles. The molecule has 0 nitrogen and oxygen atoms in total. The van der Waals surface area contributed by atoms with Gasteiger partial charge in [-0.1, -0.05) is 93.5 Å². The maximum absolute atomic E-state index is 2.52. The third kappa shape index (κ3) is 3.04. The van der Waals surface area contributed by atoms with Gasteiger partial charge in [-0.05, 0) is 59.6 Å². The smallest absolute Gasteiger partial charge is 0.0171 e. The molecule has 2 unspecified atom stereocenters. The van der Waals surface area contributed by atoms with Gasteiger partial charge in [-0.2, -0.15) is 0 Å². The Morgan fingerprint density at radius 1 is 0.846 bits per heavy atom. The van der Waals surface area contributed by atoms with Gasteiger partial charge in [0.15, 0.2) is 0 Å². The van der Waals surface area contributed by atoms with Crippen LogP contribution in [0.15, 0.2) is 36.4 Å². The lowest BCUT2D eigenvalue weighted by molar-refractivity contribution is 0.483. The third-order valence-electron chi connectivity index (χ3n) is 6.48. The normalized spacial score (nSPS) is 19.5. The van der Waals surface area contributed by atoms with Gasteiger partial charge in [0.05, 0.1) is 0 Å². The fraction of sp³-hybridized carbons (Fsp3) is 0.462. The highest BCUT2D eigenvalue weighted by atomic mass is 14.4. The van der Waals surface area contributed by atoms with Gasteiger partial charge in [-0.15, -0.1) is 0 Å². The molecule has 0 amide bonds. The summed E-state index contributed by atoms with van der Waals surface area (Å²) in [5.74, 6) is 1.24. The number of aryl methyl sites for hydroxylation is 2. The maximum atomic E-state index is 2.52. The summed E-state index contributed by atoms with van der Waals surface area (Å²) < 4.78 is 0. The average Bonchev–Trinajstić information content (AvgIpc) is 2.97. The standard InChI is InChI=1S/C26H32/c1-4-5-6-7-8-9-10-20-13-16-21-19(3)12-15-23-22-14-11-18(2)17-24(22)25(20)26(21)23/h11-17,20,25H,4-10H2,1-3H3. The lowest BCUT2D eigenvalue weighted by Gasteiger charge is -2.28. The van der Waals surface area contributed by atoms with Crippen LogP contribution in [0.1, 0.15) is 85.6 Å². The molecule has 0 spiro atoms. The monoisotopic (exact) mass is 344 g/mol. The van der Waals surface area contributed by atoms with Crippen molar-refractivity contribution in [3.05, 3.63) is 64.2 Å². The van der Waals surface area contributed by atoms with Crippen molar-refractivity contribution in [3.63, 3.8) is 0 Å². The second-order valence-corrected chi connectivity index (χ2v) is 8.41. The predicted octanol–water partition coefficient (Wildman–Crippen LogP) is 7.81. The van der Waals surface area contributed by atoms with Crippen LogP contribution in [-0.2, 0) is 0 Å². The molecule has 0 fully saturated rings. The third-order valence-corrected chi connectivity index (χ3v) is 6.48. The van der Waals surface area contributed by atoms with E-state index < -0.39 is 0 Å². The predicted molar refractivity (Wildman–Crippen MR) is 114 cm³/mol. The van der Waals surface area contributed by atoms with Gasteiger partial charge in [0.1, 0.15) is 0 Å². The molecule has 136 valence electrons. The number of unbranched alkanes of at least 4 members (excludes halogenated alkanes) is 5. The molecule has 2 atom stereocenters. The van der Waals surface area contributed by atoms with Crippen molar-refractivity contribution >= 4 is 6.08 Å². The Labute approximate surface area is 159 Å². The summed E-state index contributed by atoms with van der Waals surface area (Å²) in [6.45, 7) is 6.79. The molecule has 0 heteroatoms. The van der Waals surface area contributed by atoms with Crippen molar-refractivity contribution in [2.24, 2.45) is 5.92 Å². The minimum Gasteiger partial charge on any atom is -0.0799 e. The van der Waals surface area contributed by atoms with Crippen molar-refractivity contribution in [1.29, 1.82) is 0 Å².